The minimum absolute atomic E-state index is 0. The van der Waals surface area contributed by atoms with Gasteiger partial charge < -0.3 is 0 Å². The van der Waals surface area contributed by atoms with Crippen LogP contribution >= 0.6 is 0 Å². The number of rotatable bonds is 0. The molecule has 0 aromatic carbocycles. The van der Waals surface area contributed by atoms with Crippen LogP contribution in [0.1, 0.15) is 95.9 Å². The van der Waals surface area contributed by atoms with E-state index in [4.69, 9.17) is 0 Å². The van der Waals surface area contributed by atoms with Gasteiger partial charge >= 0.3 is 0 Å². The van der Waals surface area contributed by atoms with Gasteiger partial charge in [0.2, 0.25) is 0 Å². The van der Waals surface area contributed by atoms with Crippen LogP contribution in [0.2, 0.25) is 0 Å². The summed E-state index contributed by atoms with van der Waals surface area (Å²) in [6.45, 7) is 12.7. The highest BCUT2D eigenvalue weighted by Gasteiger charge is 2.39. The van der Waals surface area contributed by atoms with Crippen molar-refractivity contribution in [2.24, 2.45) is 10.8 Å². The molecule has 2 aliphatic carbocycles. The molecule has 1 saturated carbocycles. The van der Waals surface area contributed by atoms with E-state index >= 15 is 0 Å². The lowest BCUT2D eigenvalue weighted by Gasteiger charge is -2.25. The maximum Gasteiger partial charge on any atom is -0.0110 e. The molecule has 0 aromatic rings. The summed E-state index contributed by atoms with van der Waals surface area (Å²) >= 11 is 0. The van der Waals surface area contributed by atoms with Crippen LogP contribution in [0, 0.1) is 10.8 Å². The van der Waals surface area contributed by atoms with Crippen molar-refractivity contribution in [3.63, 3.8) is 0 Å². The normalized spacial score (nSPS) is 20.1. The zero-order chi connectivity index (χ0) is 11.9. The van der Waals surface area contributed by atoms with Gasteiger partial charge in [0.15, 0.2) is 0 Å². The van der Waals surface area contributed by atoms with E-state index in [9.17, 15) is 0 Å². The van der Waals surface area contributed by atoms with Crippen molar-refractivity contribution in [1.29, 1.82) is 0 Å². The molecule has 2 rings (SSSR count). The molecule has 0 N–H and O–H groups in total. The van der Waals surface area contributed by atoms with Crippen molar-refractivity contribution in [3.8, 4) is 0 Å². The van der Waals surface area contributed by atoms with Crippen molar-refractivity contribution in [1.82, 2.24) is 0 Å². The molecule has 0 saturated heterocycles. The Morgan fingerprint density at radius 3 is 1.39 bits per heavy atom. The van der Waals surface area contributed by atoms with Crippen LogP contribution in [0.3, 0.4) is 0 Å². The fourth-order valence-corrected chi connectivity index (χ4v) is 2.85. The van der Waals surface area contributed by atoms with Gasteiger partial charge in [-0.3, -0.25) is 0 Å². The first-order valence-electron chi connectivity index (χ1n) is 6.82. The quantitative estimate of drug-likeness (QED) is 0.395. The van der Waals surface area contributed by atoms with Crippen LogP contribution < -0.4 is 0 Å². The number of allylic oxidation sites excluding steroid dienone is 2. The van der Waals surface area contributed by atoms with Crippen molar-refractivity contribution in [2.75, 3.05) is 0 Å². The highest BCUT2D eigenvalue weighted by Crippen LogP contribution is 2.52. The molecule has 1 fully saturated rings. The van der Waals surface area contributed by atoms with Crippen LogP contribution in [0.5, 0.6) is 0 Å². The fourth-order valence-electron chi connectivity index (χ4n) is 2.85. The molecular formula is C18H42. The second-order valence-electron chi connectivity index (χ2n) is 5.07. The summed E-state index contributed by atoms with van der Waals surface area (Å²) in [7, 11) is 0. The summed E-state index contributed by atoms with van der Waals surface area (Å²) in [5.41, 5.74) is 1.13. The standard InChI is InChI=1S/C11H18.2C2H6.3CH4/c1-10(2)7-8-11(9-10)5-3-4-6-11;2*1-2;;;/h7-8H,3-6,9H2,1-2H3;2*1-2H3;3*1H4. The minimum atomic E-state index is 0. The van der Waals surface area contributed by atoms with Gasteiger partial charge in [-0.05, 0) is 30.1 Å². The second-order valence-corrected chi connectivity index (χ2v) is 5.07. The van der Waals surface area contributed by atoms with Crippen molar-refractivity contribution in [3.05, 3.63) is 12.2 Å². The topological polar surface area (TPSA) is 0 Å². The van der Waals surface area contributed by atoms with Crippen LogP contribution in [0.25, 0.3) is 0 Å². The van der Waals surface area contributed by atoms with Crippen molar-refractivity contribution < 1.29 is 0 Å². The van der Waals surface area contributed by atoms with Gasteiger partial charge in [0, 0.05) is 0 Å². The Hall–Kier alpha value is -0.260. The maximum absolute atomic E-state index is 2.50. The van der Waals surface area contributed by atoms with E-state index in [1.165, 1.54) is 32.1 Å². The van der Waals surface area contributed by atoms with Gasteiger partial charge in [-0.2, -0.15) is 0 Å². The smallest absolute Gasteiger partial charge is 0.0110 e. The highest BCUT2D eigenvalue weighted by atomic mass is 14.4. The number of hydrogen-bond acceptors (Lipinski definition) is 0. The fraction of sp³-hybridized carbons (Fsp3) is 0.889. The average Bonchev–Trinajstić information content (AvgIpc) is 2.81. The van der Waals surface area contributed by atoms with Crippen molar-refractivity contribution in [2.45, 2.75) is 95.9 Å². The molecule has 0 atom stereocenters. The monoisotopic (exact) mass is 258 g/mol. The predicted molar refractivity (Wildman–Crippen MR) is 91.3 cm³/mol. The molecule has 0 aromatic heterocycles. The van der Waals surface area contributed by atoms with E-state index in [1.54, 1.807) is 0 Å². The third kappa shape index (κ3) is 7.24. The molecular weight excluding hydrogens is 216 g/mol. The Kier molecular flexibility index (Phi) is 17.3. The van der Waals surface area contributed by atoms with E-state index in [0.717, 1.165) is 0 Å². The summed E-state index contributed by atoms with van der Waals surface area (Å²) in [5, 5.41) is 0. The zero-order valence-electron chi connectivity index (χ0n) is 11.7. The van der Waals surface area contributed by atoms with Crippen molar-refractivity contribution >= 4 is 0 Å². The summed E-state index contributed by atoms with van der Waals surface area (Å²) < 4.78 is 0. The molecule has 114 valence electrons. The molecule has 0 bridgehead atoms. The first kappa shape index (κ1) is 26.3. The molecule has 0 heterocycles. The third-order valence-corrected chi connectivity index (χ3v) is 3.30. The van der Waals surface area contributed by atoms with Gasteiger partial charge in [0.1, 0.15) is 0 Å². The molecule has 0 heteroatoms. The molecule has 2 aliphatic rings. The maximum atomic E-state index is 2.50. The van der Waals surface area contributed by atoms with E-state index in [0.29, 0.717) is 10.8 Å². The Balaban J connectivity index is -0.000000129. The molecule has 0 unspecified atom stereocenters. The second kappa shape index (κ2) is 11.8. The summed E-state index contributed by atoms with van der Waals surface area (Å²) in [6.07, 6.45) is 12.2. The van der Waals surface area contributed by atoms with E-state index in [-0.39, 0.29) is 22.3 Å². The average molecular weight is 259 g/mol. The lowest BCUT2D eigenvalue weighted by Crippen LogP contribution is -2.15. The van der Waals surface area contributed by atoms with E-state index in [1.807, 2.05) is 27.7 Å². The lowest BCUT2D eigenvalue weighted by atomic mass is 9.79. The molecule has 0 nitrogen and oxygen atoms in total. The first-order valence-corrected chi connectivity index (χ1v) is 6.82. The van der Waals surface area contributed by atoms with Crippen LogP contribution in [0.4, 0.5) is 0 Å². The predicted octanol–water partition coefficient (Wildman–Crippen LogP) is 7.49. The Labute approximate surface area is 119 Å². The van der Waals surface area contributed by atoms with Crippen LogP contribution in [0.15, 0.2) is 12.2 Å². The Morgan fingerprint density at radius 1 is 0.722 bits per heavy atom. The summed E-state index contributed by atoms with van der Waals surface area (Å²) in [6, 6.07) is 0. The van der Waals surface area contributed by atoms with Crippen LogP contribution in [-0.2, 0) is 0 Å². The third-order valence-electron chi connectivity index (χ3n) is 3.30. The Bertz CT molecular complexity index is 180. The molecule has 0 radical (unpaired) electrons. The van der Waals surface area contributed by atoms with E-state index in [2.05, 4.69) is 26.0 Å². The highest BCUT2D eigenvalue weighted by molar-refractivity contribution is 5.15. The van der Waals surface area contributed by atoms with Crippen LogP contribution in [-0.4, -0.2) is 0 Å². The van der Waals surface area contributed by atoms with Gasteiger partial charge in [-0.25, -0.2) is 0 Å². The number of hydrogen-bond donors (Lipinski definition) is 0. The van der Waals surface area contributed by atoms with Gasteiger partial charge in [0.25, 0.3) is 0 Å². The summed E-state index contributed by atoms with van der Waals surface area (Å²) in [5.74, 6) is 0. The SMILES string of the molecule is C.C.C.CC.CC.CC1(C)C=CC2(CCCC2)C1. The summed E-state index contributed by atoms with van der Waals surface area (Å²) in [4.78, 5) is 0. The van der Waals surface area contributed by atoms with Gasteiger partial charge in [-0.1, -0.05) is 88.8 Å². The Morgan fingerprint density at radius 2 is 1.11 bits per heavy atom. The lowest BCUT2D eigenvalue weighted by molar-refractivity contribution is 0.291. The first-order chi connectivity index (χ1) is 7.12. The van der Waals surface area contributed by atoms with Gasteiger partial charge in [0.05, 0.1) is 0 Å². The zero-order valence-corrected chi connectivity index (χ0v) is 11.7. The largest absolute Gasteiger partial charge is 0.0823 e. The molecule has 1 spiro atoms. The molecule has 18 heavy (non-hydrogen) atoms. The van der Waals surface area contributed by atoms with Gasteiger partial charge in [-0.15, -0.1) is 0 Å². The molecule has 0 aliphatic heterocycles. The minimum Gasteiger partial charge on any atom is -0.0823 e. The molecule has 0 amide bonds. The van der Waals surface area contributed by atoms with E-state index < -0.39 is 0 Å².